The van der Waals surface area contributed by atoms with E-state index in [9.17, 15) is 0 Å². The molecule has 0 saturated carbocycles. The lowest BCUT2D eigenvalue weighted by molar-refractivity contribution is 0.433. The molecule has 2 N–H and O–H groups in total. The van der Waals surface area contributed by atoms with Crippen LogP contribution < -0.4 is 25.2 Å². The molecule has 2 aliphatic heterocycles. The number of nitrogens with one attached hydrogen (secondary N) is 2. The van der Waals surface area contributed by atoms with Gasteiger partial charge >= 0.3 is 0 Å². The van der Waals surface area contributed by atoms with Crippen LogP contribution >= 0.6 is 0 Å². The summed E-state index contributed by atoms with van der Waals surface area (Å²) in [7, 11) is 0. The van der Waals surface area contributed by atoms with Crippen molar-refractivity contribution in [3.63, 3.8) is 0 Å². The molecule has 2 saturated heterocycles. The zero-order valence-electron chi connectivity index (χ0n) is 14.1. The smallest absolute Gasteiger partial charge is 0.264 e. The first-order chi connectivity index (χ1) is 12.4. The van der Waals surface area contributed by atoms with E-state index in [-0.39, 0.29) is 0 Å². The number of rotatable bonds is 4. The van der Waals surface area contributed by atoms with Crippen LogP contribution in [0.3, 0.4) is 0 Å². The maximum atomic E-state index is 6.08. The summed E-state index contributed by atoms with van der Waals surface area (Å²) in [6.07, 6.45) is 6.67. The molecule has 2 aliphatic rings. The van der Waals surface area contributed by atoms with Crippen molar-refractivity contribution >= 4 is 11.6 Å². The molecule has 0 spiro atoms. The first-order valence-corrected chi connectivity index (χ1v) is 8.63. The largest absolute Gasteiger partial charge is 0.413 e. The Labute approximate surface area is 146 Å². The Morgan fingerprint density at radius 2 is 1.04 bits per heavy atom. The number of nitrogens with zero attached hydrogens (tertiary/aromatic N) is 6. The normalized spacial score (nSPS) is 18.2. The molecule has 9 nitrogen and oxygen atoms in total. The minimum atomic E-state index is 0.473. The summed E-state index contributed by atoms with van der Waals surface area (Å²) in [5.74, 6) is 2.45. The molecule has 9 heteroatoms. The summed E-state index contributed by atoms with van der Waals surface area (Å²) in [5.41, 5.74) is 0. The Morgan fingerprint density at radius 1 is 0.640 bits per heavy atom. The average molecular weight is 342 g/mol. The first-order valence-electron chi connectivity index (χ1n) is 8.63. The SMILES string of the molecule is c1cnc(N2CCNCC2)c(Oc2nccnc2N2CCNCC2)n1. The zero-order valence-corrected chi connectivity index (χ0v) is 14.1. The van der Waals surface area contributed by atoms with Crippen LogP contribution in [0, 0.1) is 0 Å². The minimum absolute atomic E-state index is 0.473. The van der Waals surface area contributed by atoms with Gasteiger partial charge in [-0.3, -0.25) is 0 Å². The van der Waals surface area contributed by atoms with E-state index in [4.69, 9.17) is 4.74 Å². The molecule has 0 bridgehead atoms. The van der Waals surface area contributed by atoms with Gasteiger partial charge in [-0.1, -0.05) is 0 Å². The molecule has 4 rings (SSSR count). The molecule has 0 unspecified atom stereocenters. The summed E-state index contributed by atoms with van der Waals surface area (Å²) >= 11 is 0. The summed E-state index contributed by atoms with van der Waals surface area (Å²) < 4.78 is 6.08. The lowest BCUT2D eigenvalue weighted by Crippen LogP contribution is -2.44. The van der Waals surface area contributed by atoms with Crippen LogP contribution in [0.1, 0.15) is 0 Å². The number of hydrogen-bond acceptors (Lipinski definition) is 9. The van der Waals surface area contributed by atoms with E-state index in [1.54, 1.807) is 24.8 Å². The summed E-state index contributed by atoms with van der Waals surface area (Å²) in [6.45, 7) is 7.20. The lowest BCUT2D eigenvalue weighted by Gasteiger charge is -2.30. The molecule has 2 fully saturated rings. The van der Waals surface area contributed by atoms with Crippen molar-refractivity contribution in [3.8, 4) is 11.8 Å². The van der Waals surface area contributed by atoms with Gasteiger partial charge in [-0.15, -0.1) is 0 Å². The quantitative estimate of drug-likeness (QED) is 0.789. The molecule has 2 aromatic heterocycles. The third kappa shape index (κ3) is 3.62. The Morgan fingerprint density at radius 3 is 1.48 bits per heavy atom. The number of aromatic nitrogens is 4. The number of ether oxygens (including phenoxy) is 1. The van der Waals surface area contributed by atoms with E-state index in [0.29, 0.717) is 11.8 Å². The molecule has 25 heavy (non-hydrogen) atoms. The van der Waals surface area contributed by atoms with E-state index in [0.717, 1.165) is 64.0 Å². The molecule has 0 radical (unpaired) electrons. The van der Waals surface area contributed by atoms with Gasteiger partial charge in [0.25, 0.3) is 11.8 Å². The van der Waals surface area contributed by atoms with E-state index in [2.05, 4.69) is 40.4 Å². The van der Waals surface area contributed by atoms with Crippen LogP contribution in [-0.2, 0) is 0 Å². The average Bonchev–Trinajstić information content (AvgIpc) is 2.70. The van der Waals surface area contributed by atoms with Gasteiger partial charge in [0, 0.05) is 77.1 Å². The van der Waals surface area contributed by atoms with E-state index in [1.165, 1.54) is 0 Å². The van der Waals surface area contributed by atoms with Gasteiger partial charge < -0.3 is 25.2 Å². The molecule has 0 atom stereocenters. The van der Waals surface area contributed by atoms with Crippen LogP contribution in [0.25, 0.3) is 0 Å². The van der Waals surface area contributed by atoms with Crippen molar-refractivity contribution in [1.29, 1.82) is 0 Å². The van der Waals surface area contributed by atoms with Crippen molar-refractivity contribution in [3.05, 3.63) is 24.8 Å². The fourth-order valence-electron chi connectivity index (χ4n) is 3.06. The highest BCUT2D eigenvalue weighted by molar-refractivity contribution is 5.54. The summed E-state index contributed by atoms with van der Waals surface area (Å²) in [6, 6.07) is 0. The Balaban J connectivity index is 1.60. The summed E-state index contributed by atoms with van der Waals surface area (Å²) in [4.78, 5) is 22.1. The van der Waals surface area contributed by atoms with Crippen LogP contribution in [-0.4, -0.2) is 72.3 Å². The minimum Gasteiger partial charge on any atom is -0.413 e. The Hall–Kier alpha value is -2.52. The van der Waals surface area contributed by atoms with Crippen molar-refractivity contribution in [2.45, 2.75) is 0 Å². The highest BCUT2D eigenvalue weighted by atomic mass is 16.5. The topological polar surface area (TPSA) is 91.3 Å². The second-order valence-corrected chi connectivity index (χ2v) is 5.95. The van der Waals surface area contributed by atoms with Gasteiger partial charge in [-0.05, 0) is 0 Å². The van der Waals surface area contributed by atoms with E-state index >= 15 is 0 Å². The van der Waals surface area contributed by atoms with Crippen LogP contribution in [0.4, 0.5) is 11.6 Å². The van der Waals surface area contributed by atoms with Crippen LogP contribution in [0.2, 0.25) is 0 Å². The van der Waals surface area contributed by atoms with Crippen molar-refractivity contribution in [2.75, 3.05) is 62.2 Å². The van der Waals surface area contributed by atoms with Crippen LogP contribution in [0.5, 0.6) is 11.8 Å². The number of piperazine rings is 2. The predicted octanol–water partition coefficient (Wildman–Crippen LogP) is -0.122. The standard InChI is InChI=1S/C16H22N8O/c1-3-21-15(13(19-1)23-9-5-17-6-10-23)25-16-14(20-2-4-22-16)24-11-7-18-8-12-24/h1-4,17-18H,5-12H2. The summed E-state index contributed by atoms with van der Waals surface area (Å²) in [5, 5.41) is 6.68. The molecule has 0 aromatic carbocycles. The molecule has 0 aliphatic carbocycles. The maximum Gasteiger partial charge on any atom is 0.264 e. The van der Waals surface area contributed by atoms with Gasteiger partial charge in [-0.2, -0.15) is 0 Å². The number of hydrogen-bond donors (Lipinski definition) is 2. The van der Waals surface area contributed by atoms with Crippen molar-refractivity contribution < 1.29 is 4.74 Å². The second kappa shape index (κ2) is 7.58. The highest BCUT2D eigenvalue weighted by Gasteiger charge is 2.22. The van der Waals surface area contributed by atoms with Gasteiger partial charge in [-0.25, -0.2) is 19.9 Å². The maximum absolute atomic E-state index is 6.08. The third-order valence-corrected chi connectivity index (χ3v) is 4.32. The lowest BCUT2D eigenvalue weighted by atomic mass is 10.3. The molecule has 132 valence electrons. The Kier molecular flexibility index (Phi) is 4.84. The first kappa shape index (κ1) is 16.0. The predicted molar refractivity (Wildman–Crippen MR) is 94.3 cm³/mol. The van der Waals surface area contributed by atoms with Gasteiger partial charge in [0.05, 0.1) is 0 Å². The monoisotopic (exact) mass is 342 g/mol. The fourth-order valence-corrected chi connectivity index (χ4v) is 3.06. The van der Waals surface area contributed by atoms with Gasteiger partial charge in [0.2, 0.25) is 0 Å². The zero-order chi connectivity index (χ0) is 16.9. The second-order valence-electron chi connectivity index (χ2n) is 5.95. The van der Waals surface area contributed by atoms with E-state index < -0.39 is 0 Å². The molecular formula is C16H22N8O. The number of anilines is 2. The fraction of sp³-hybridized carbons (Fsp3) is 0.500. The van der Waals surface area contributed by atoms with Gasteiger partial charge in [0.15, 0.2) is 11.6 Å². The molecule has 0 amide bonds. The third-order valence-electron chi connectivity index (χ3n) is 4.32. The molecule has 4 heterocycles. The molecule has 2 aromatic rings. The van der Waals surface area contributed by atoms with Crippen LogP contribution in [0.15, 0.2) is 24.8 Å². The highest BCUT2D eigenvalue weighted by Crippen LogP contribution is 2.31. The van der Waals surface area contributed by atoms with E-state index in [1.807, 2.05) is 0 Å². The van der Waals surface area contributed by atoms with Crippen molar-refractivity contribution in [2.24, 2.45) is 0 Å². The van der Waals surface area contributed by atoms with Crippen molar-refractivity contribution in [1.82, 2.24) is 30.6 Å². The Bertz CT molecular complexity index is 641. The molecular weight excluding hydrogens is 320 g/mol. The van der Waals surface area contributed by atoms with Gasteiger partial charge in [0.1, 0.15) is 0 Å².